The van der Waals surface area contributed by atoms with E-state index >= 15 is 0 Å². The monoisotopic (exact) mass is 359 g/mol. The second kappa shape index (κ2) is 7.11. The Morgan fingerprint density at radius 2 is 1.78 bits per heavy atom. The summed E-state index contributed by atoms with van der Waals surface area (Å²) in [6, 6.07) is 19.1. The minimum Gasteiger partial charge on any atom is -0.507 e. The van der Waals surface area contributed by atoms with E-state index < -0.39 is 0 Å². The Kier molecular flexibility index (Phi) is 4.50. The van der Waals surface area contributed by atoms with E-state index in [9.17, 15) is 9.90 Å². The highest BCUT2D eigenvalue weighted by atomic mass is 16.3. The number of nitrogens with one attached hydrogen (secondary N) is 1. The number of aromatic hydroxyl groups is 1. The van der Waals surface area contributed by atoms with Gasteiger partial charge < -0.3 is 15.0 Å². The average Bonchev–Trinajstić information content (AvgIpc) is 2.99. The van der Waals surface area contributed by atoms with Gasteiger partial charge in [-0.25, -0.2) is 4.98 Å². The third kappa shape index (κ3) is 3.36. The first-order valence-corrected chi connectivity index (χ1v) is 9.05. The van der Waals surface area contributed by atoms with Crippen LogP contribution in [0, 0.1) is 6.92 Å². The minimum absolute atomic E-state index is 0.00245. The molecule has 0 aliphatic heterocycles. The Labute approximate surface area is 157 Å². The molecule has 5 nitrogen and oxygen atoms in total. The van der Waals surface area contributed by atoms with Gasteiger partial charge in [0.1, 0.15) is 11.6 Å². The van der Waals surface area contributed by atoms with Crippen molar-refractivity contribution < 1.29 is 9.90 Å². The van der Waals surface area contributed by atoms with Gasteiger partial charge in [-0.15, -0.1) is 0 Å². The van der Waals surface area contributed by atoms with Crippen LogP contribution in [0.25, 0.3) is 21.8 Å². The molecule has 27 heavy (non-hydrogen) atoms. The number of benzene rings is 3. The first kappa shape index (κ1) is 17.1. The Balaban J connectivity index is 1.41. The van der Waals surface area contributed by atoms with Gasteiger partial charge >= 0.3 is 0 Å². The molecule has 0 atom stereocenters. The summed E-state index contributed by atoms with van der Waals surface area (Å²) < 4.78 is 2.16. The summed E-state index contributed by atoms with van der Waals surface area (Å²) in [5.74, 6) is 0.711. The third-order valence-electron chi connectivity index (χ3n) is 4.80. The van der Waals surface area contributed by atoms with Crippen LogP contribution in [0.3, 0.4) is 0 Å². The molecular formula is C22H21N3O2. The second-order valence-corrected chi connectivity index (χ2v) is 6.63. The lowest BCUT2D eigenvalue weighted by Crippen LogP contribution is -2.25. The number of carbonyl (C=O) groups is 1. The van der Waals surface area contributed by atoms with E-state index in [0.29, 0.717) is 12.1 Å². The molecule has 0 saturated heterocycles. The number of phenolic OH excluding ortho intramolecular Hbond substituents is 1. The maximum atomic E-state index is 12.5. The smallest absolute Gasteiger partial charge is 0.255 e. The molecule has 2 N–H and O–H groups in total. The van der Waals surface area contributed by atoms with Crippen molar-refractivity contribution >= 4 is 27.7 Å². The Bertz CT molecular complexity index is 1130. The van der Waals surface area contributed by atoms with Gasteiger partial charge in [0.05, 0.1) is 16.6 Å². The molecule has 3 aromatic carbocycles. The fourth-order valence-electron chi connectivity index (χ4n) is 3.42. The first-order chi connectivity index (χ1) is 13.1. The zero-order chi connectivity index (χ0) is 18.8. The molecule has 0 fully saturated rings. The molecular weight excluding hydrogens is 338 g/mol. The first-order valence-electron chi connectivity index (χ1n) is 9.05. The van der Waals surface area contributed by atoms with E-state index in [0.717, 1.165) is 40.6 Å². The zero-order valence-electron chi connectivity index (χ0n) is 15.1. The van der Waals surface area contributed by atoms with Gasteiger partial charge in [-0.05, 0) is 48.4 Å². The molecule has 0 bridgehead atoms. The predicted molar refractivity (Wildman–Crippen MR) is 107 cm³/mol. The summed E-state index contributed by atoms with van der Waals surface area (Å²) in [5.41, 5.74) is 2.39. The van der Waals surface area contributed by atoms with E-state index in [2.05, 4.69) is 20.9 Å². The van der Waals surface area contributed by atoms with Crippen molar-refractivity contribution in [3.05, 3.63) is 72.1 Å². The van der Waals surface area contributed by atoms with Crippen molar-refractivity contribution in [3.63, 3.8) is 0 Å². The average molecular weight is 359 g/mol. The number of fused-ring (bicyclic) bond motifs is 2. The molecule has 1 amide bonds. The molecule has 0 aliphatic rings. The van der Waals surface area contributed by atoms with Crippen LogP contribution in [0.4, 0.5) is 0 Å². The number of nitrogens with zero attached hydrogens (tertiary/aromatic N) is 2. The SMILES string of the molecule is Cc1nc2ccccc2n1CCCNC(=O)c1cc2ccccc2cc1O. The Hall–Kier alpha value is -3.34. The lowest BCUT2D eigenvalue weighted by Gasteiger charge is -2.10. The third-order valence-corrected chi connectivity index (χ3v) is 4.80. The van der Waals surface area contributed by atoms with Gasteiger partial charge in [0.15, 0.2) is 0 Å². The van der Waals surface area contributed by atoms with Crippen molar-refractivity contribution in [2.75, 3.05) is 6.54 Å². The maximum Gasteiger partial charge on any atom is 0.255 e. The predicted octanol–water partition coefficient (Wildman–Crippen LogP) is 4.02. The van der Waals surface area contributed by atoms with Crippen LogP contribution in [0.2, 0.25) is 0 Å². The molecule has 136 valence electrons. The van der Waals surface area contributed by atoms with Crippen molar-refractivity contribution in [1.82, 2.24) is 14.9 Å². The van der Waals surface area contributed by atoms with Crippen molar-refractivity contribution in [2.24, 2.45) is 0 Å². The van der Waals surface area contributed by atoms with Gasteiger partial charge in [-0.1, -0.05) is 36.4 Å². The summed E-state index contributed by atoms with van der Waals surface area (Å²) in [5, 5.41) is 14.9. The van der Waals surface area contributed by atoms with Crippen LogP contribution in [-0.4, -0.2) is 27.1 Å². The number of aromatic nitrogens is 2. The van der Waals surface area contributed by atoms with Gasteiger partial charge in [-0.2, -0.15) is 0 Å². The molecule has 0 unspecified atom stereocenters. The highest BCUT2D eigenvalue weighted by Crippen LogP contribution is 2.24. The van der Waals surface area contributed by atoms with Crippen LogP contribution in [0.5, 0.6) is 5.75 Å². The standard InChI is InChI=1S/C22H21N3O2/c1-15-24-19-9-4-5-10-20(19)25(15)12-6-11-23-22(27)18-13-16-7-2-3-8-17(16)14-21(18)26/h2-5,7-10,13-14,26H,6,11-12H2,1H3,(H,23,27). The molecule has 0 aliphatic carbocycles. The fraction of sp³-hybridized carbons (Fsp3) is 0.182. The molecule has 0 spiro atoms. The number of rotatable bonds is 5. The minimum atomic E-state index is -0.259. The van der Waals surface area contributed by atoms with Crippen molar-refractivity contribution in [3.8, 4) is 5.75 Å². The lowest BCUT2D eigenvalue weighted by molar-refractivity contribution is 0.0950. The fourth-order valence-corrected chi connectivity index (χ4v) is 3.42. The molecule has 1 aromatic heterocycles. The highest BCUT2D eigenvalue weighted by Gasteiger charge is 2.12. The van der Waals surface area contributed by atoms with Crippen LogP contribution in [0.1, 0.15) is 22.6 Å². The Morgan fingerprint density at radius 3 is 2.59 bits per heavy atom. The van der Waals surface area contributed by atoms with Crippen LogP contribution in [0.15, 0.2) is 60.7 Å². The van der Waals surface area contributed by atoms with E-state index in [1.807, 2.05) is 49.4 Å². The second-order valence-electron chi connectivity index (χ2n) is 6.63. The van der Waals surface area contributed by atoms with Crippen LogP contribution >= 0.6 is 0 Å². The summed E-state index contributed by atoms with van der Waals surface area (Å²) in [4.78, 5) is 17.0. The number of aryl methyl sites for hydroxylation is 2. The molecule has 0 saturated carbocycles. The lowest BCUT2D eigenvalue weighted by atomic mass is 10.1. The number of carbonyl (C=O) groups excluding carboxylic acids is 1. The zero-order valence-corrected chi connectivity index (χ0v) is 15.1. The van der Waals surface area contributed by atoms with Crippen molar-refractivity contribution in [2.45, 2.75) is 19.9 Å². The summed E-state index contributed by atoms with van der Waals surface area (Å²) in [6.07, 6.45) is 0.779. The van der Waals surface area contributed by atoms with Crippen LogP contribution in [-0.2, 0) is 6.54 Å². The van der Waals surface area contributed by atoms with Gasteiger partial charge in [0.2, 0.25) is 0 Å². The Morgan fingerprint density at radius 1 is 1.07 bits per heavy atom. The molecule has 1 heterocycles. The summed E-state index contributed by atoms with van der Waals surface area (Å²) in [6.45, 7) is 3.29. The number of para-hydroxylation sites is 2. The van der Waals surface area contributed by atoms with Crippen LogP contribution < -0.4 is 5.32 Å². The maximum absolute atomic E-state index is 12.5. The largest absolute Gasteiger partial charge is 0.507 e. The normalized spacial score (nSPS) is 11.1. The summed E-state index contributed by atoms with van der Waals surface area (Å²) >= 11 is 0. The summed E-state index contributed by atoms with van der Waals surface area (Å²) in [7, 11) is 0. The van der Waals surface area contributed by atoms with E-state index in [4.69, 9.17) is 0 Å². The number of imidazole rings is 1. The number of hydrogen-bond donors (Lipinski definition) is 2. The quantitative estimate of drug-likeness (QED) is 0.529. The number of amides is 1. The van der Waals surface area contributed by atoms with E-state index in [1.165, 1.54) is 0 Å². The molecule has 4 rings (SSSR count). The molecule has 0 radical (unpaired) electrons. The van der Waals surface area contributed by atoms with Gasteiger partial charge in [-0.3, -0.25) is 4.79 Å². The van der Waals surface area contributed by atoms with Crippen molar-refractivity contribution in [1.29, 1.82) is 0 Å². The van der Waals surface area contributed by atoms with Gasteiger partial charge in [0.25, 0.3) is 5.91 Å². The van der Waals surface area contributed by atoms with E-state index in [-0.39, 0.29) is 11.7 Å². The number of hydrogen-bond acceptors (Lipinski definition) is 3. The highest BCUT2D eigenvalue weighted by molar-refractivity contribution is 6.01. The molecule has 4 aromatic rings. The number of phenols is 1. The topological polar surface area (TPSA) is 67.2 Å². The van der Waals surface area contributed by atoms with Gasteiger partial charge in [0, 0.05) is 13.1 Å². The molecule has 5 heteroatoms. The van der Waals surface area contributed by atoms with E-state index in [1.54, 1.807) is 12.1 Å².